The number of ether oxygens (including phenoxy) is 5. The van der Waals surface area contributed by atoms with Gasteiger partial charge in [0, 0.05) is 13.5 Å². The lowest BCUT2D eigenvalue weighted by Crippen LogP contribution is -2.16. The third kappa shape index (κ3) is 15.2. The topological polar surface area (TPSA) is 89.2 Å². The van der Waals surface area contributed by atoms with Gasteiger partial charge in [-0.1, -0.05) is 0 Å². The number of carbonyl (C=O) groups excluding carboxylic acids is 1. The van der Waals surface area contributed by atoms with Crippen molar-refractivity contribution in [3.63, 3.8) is 0 Å². The van der Waals surface area contributed by atoms with Crippen molar-refractivity contribution < 1.29 is 28.5 Å². The van der Waals surface area contributed by atoms with Gasteiger partial charge in [-0.3, -0.25) is 0 Å². The molecule has 0 fully saturated rings. The van der Waals surface area contributed by atoms with Crippen LogP contribution >= 0.6 is 0 Å². The van der Waals surface area contributed by atoms with Gasteiger partial charge in [0.05, 0.1) is 52.9 Å². The summed E-state index contributed by atoms with van der Waals surface area (Å²) in [7, 11) is 0. The molecular formula is C12H23NO6. The normalized spacial score (nSPS) is 10.6. The van der Waals surface area contributed by atoms with Crippen LogP contribution in [0.3, 0.4) is 0 Å². The molecule has 0 rings (SSSR count). The van der Waals surface area contributed by atoms with Crippen LogP contribution in [-0.4, -0.2) is 72.0 Å². The zero-order valence-corrected chi connectivity index (χ0v) is 11.2. The summed E-state index contributed by atoms with van der Waals surface area (Å²) in [6.07, 6.45) is 0. The monoisotopic (exact) mass is 277 g/mol. The van der Waals surface area contributed by atoms with E-state index in [0.717, 1.165) is 0 Å². The van der Waals surface area contributed by atoms with E-state index in [9.17, 15) is 4.79 Å². The Balaban J connectivity index is 3.01. The van der Waals surface area contributed by atoms with Crippen LogP contribution in [0, 0.1) is 6.92 Å². The first-order chi connectivity index (χ1) is 9.31. The summed E-state index contributed by atoms with van der Waals surface area (Å²) < 4.78 is 25.0. The van der Waals surface area contributed by atoms with Gasteiger partial charge < -0.3 is 29.4 Å². The van der Waals surface area contributed by atoms with Gasteiger partial charge in [0.1, 0.15) is 6.61 Å². The van der Waals surface area contributed by atoms with E-state index in [1.807, 2.05) is 0 Å². The van der Waals surface area contributed by atoms with Gasteiger partial charge in [-0.25, -0.2) is 4.79 Å². The summed E-state index contributed by atoms with van der Waals surface area (Å²) >= 11 is 0. The third-order valence-electron chi connectivity index (χ3n) is 1.84. The van der Waals surface area contributed by atoms with Gasteiger partial charge in [-0.15, -0.1) is 0 Å². The first-order valence-electron chi connectivity index (χ1n) is 6.18. The van der Waals surface area contributed by atoms with E-state index < -0.39 is 5.97 Å². The Bertz CT molecular complexity index is 203. The van der Waals surface area contributed by atoms with Gasteiger partial charge in [0.25, 0.3) is 0 Å². The first-order valence-corrected chi connectivity index (χ1v) is 6.18. The maximum absolute atomic E-state index is 10.8. The van der Waals surface area contributed by atoms with Crippen LogP contribution in [0.15, 0.2) is 0 Å². The lowest BCUT2D eigenvalue weighted by molar-refractivity contribution is -0.148. The van der Waals surface area contributed by atoms with Gasteiger partial charge in [0.15, 0.2) is 0 Å². The zero-order chi connectivity index (χ0) is 14.2. The summed E-state index contributed by atoms with van der Waals surface area (Å²) in [4.78, 5) is 10.8. The Labute approximate surface area is 114 Å². The molecule has 7 nitrogen and oxygen atoms in total. The van der Waals surface area contributed by atoms with Crippen LogP contribution < -0.4 is 5.73 Å². The molecule has 0 aromatic heterocycles. The predicted molar refractivity (Wildman–Crippen MR) is 67.6 cm³/mol. The SMILES string of the molecule is [CH]COC(=O)COCCOCCOCCOCCN. The molecule has 0 saturated carbocycles. The second-order valence-corrected chi connectivity index (χ2v) is 3.36. The van der Waals surface area contributed by atoms with Gasteiger partial charge in [0.2, 0.25) is 0 Å². The van der Waals surface area contributed by atoms with Crippen LogP contribution in [0.2, 0.25) is 0 Å². The smallest absolute Gasteiger partial charge is 0.332 e. The second kappa shape index (κ2) is 15.3. The van der Waals surface area contributed by atoms with Gasteiger partial charge >= 0.3 is 5.97 Å². The van der Waals surface area contributed by atoms with E-state index in [2.05, 4.69) is 4.74 Å². The highest BCUT2D eigenvalue weighted by atomic mass is 16.6. The number of esters is 1. The van der Waals surface area contributed by atoms with E-state index >= 15 is 0 Å². The van der Waals surface area contributed by atoms with Crippen molar-refractivity contribution >= 4 is 5.97 Å². The molecule has 0 unspecified atom stereocenters. The van der Waals surface area contributed by atoms with Crippen molar-refractivity contribution in [2.45, 2.75) is 0 Å². The fourth-order valence-corrected chi connectivity index (χ4v) is 1.03. The van der Waals surface area contributed by atoms with E-state index in [1.54, 1.807) is 0 Å². The maximum atomic E-state index is 10.8. The Morgan fingerprint density at radius 3 is 1.79 bits per heavy atom. The minimum atomic E-state index is -0.483. The summed E-state index contributed by atoms with van der Waals surface area (Å²) in [6, 6.07) is 0. The van der Waals surface area contributed by atoms with Crippen LogP contribution in [0.1, 0.15) is 0 Å². The third-order valence-corrected chi connectivity index (χ3v) is 1.84. The van der Waals surface area contributed by atoms with Crippen LogP contribution in [0.25, 0.3) is 0 Å². The summed E-state index contributed by atoms with van der Waals surface area (Å²) in [5.41, 5.74) is 5.25. The molecular weight excluding hydrogens is 254 g/mol. The fraction of sp³-hybridized carbons (Fsp3) is 0.833. The minimum absolute atomic E-state index is 0.116. The molecule has 0 aromatic rings. The second-order valence-electron chi connectivity index (χ2n) is 3.36. The molecule has 0 amide bonds. The van der Waals surface area contributed by atoms with Crippen molar-refractivity contribution in [1.29, 1.82) is 0 Å². The summed E-state index contributed by atoms with van der Waals surface area (Å²) in [5.74, 6) is -0.483. The van der Waals surface area contributed by atoms with Crippen molar-refractivity contribution in [2.24, 2.45) is 5.73 Å². The molecule has 0 spiro atoms. The van der Waals surface area contributed by atoms with Crippen LogP contribution in [-0.2, 0) is 28.5 Å². The molecule has 112 valence electrons. The number of nitrogens with two attached hydrogens (primary N) is 1. The van der Waals surface area contributed by atoms with Gasteiger partial charge in [-0.05, 0) is 0 Å². The highest BCUT2D eigenvalue weighted by Crippen LogP contribution is 1.84. The van der Waals surface area contributed by atoms with E-state index in [0.29, 0.717) is 52.8 Å². The molecule has 0 heterocycles. The molecule has 0 aliphatic carbocycles. The lowest BCUT2D eigenvalue weighted by Gasteiger charge is -2.07. The Kier molecular flexibility index (Phi) is 14.7. The predicted octanol–water partition coefficient (Wildman–Crippen LogP) is -0.734. The molecule has 0 aliphatic heterocycles. The lowest BCUT2D eigenvalue weighted by atomic mass is 10.6. The zero-order valence-electron chi connectivity index (χ0n) is 11.2. The molecule has 0 bridgehead atoms. The average molecular weight is 277 g/mol. The standard InChI is InChI=1S/C12H23NO6/c1-2-19-12(14)11-18-10-9-17-8-7-16-6-5-15-4-3-13/h1H,2-11,13H2. The molecule has 19 heavy (non-hydrogen) atoms. The molecule has 0 atom stereocenters. The number of hydrogen-bond acceptors (Lipinski definition) is 7. The largest absolute Gasteiger partial charge is 0.464 e. The molecule has 0 aromatic carbocycles. The molecule has 0 aliphatic rings. The van der Waals surface area contributed by atoms with Crippen molar-refractivity contribution in [2.75, 3.05) is 66.0 Å². The van der Waals surface area contributed by atoms with E-state index in [4.69, 9.17) is 31.6 Å². The first kappa shape index (κ1) is 18.3. The fourth-order valence-electron chi connectivity index (χ4n) is 1.03. The van der Waals surface area contributed by atoms with Crippen LogP contribution in [0.5, 0.6) is 0 Å². The summed E-state index contributed by atoms with van der Waals surface area (Å²) in [5, 5.41) is 0. The average Bonchev–Trinajstić information content (AvgIpc) is 2.40. The van der Waals surface area contributed by atoms with Crippen LogP contribution in [0.4, 0.5) is 0 Å². The van der Waals surface area contributed by atoms with Crippen molar-refractivity contribution in [1.82, 2.24) is 0 Å². The number of carbonyl (C=O) groups is 1. The minimum Gasteiger partial charge on any atom is -0.464 e. The maximum Gasteiger partial charge on any atom is 0.332 e. The van der Waals surface area contributed by atoms with E-state index in [-0.39, 0.29) is 13.2 Å². The highest BCUT2D eigenvalue weighted by molar-refractivity contribution is 5.70. The number of rotatable bonds is 14. The molecule has 0 saturated heterocycles. The Hall–Kier alpha value is -0.730. The van der Waals surface area contributed by atoms with Gasteiger partial charge in [-0.2, -0.15) is 0 Å². The quantitative estimate of drug-likeness (QED) is 0.330. The Morgan fingerprint density at radius 2 is 1.32 bits per heavy atom. The number of hydrogen-bond donors (Lipinski definition) is 1. The molecule has 7 heteroatoms. The summed E-state index contributed by atoms with van der Waals surface area (Å²) in [6.45, 7) is 8.54. The molecule has 2 N–H and O–H groups in total. The van der Waals surface area contributed by atoms with Crippen molar-refractivity contribution in [3.05, 3.63) is 6.92 Å². The Morgan fingerprint density at radius 1 is 0.842 bits per heavy atom. The highest BCUT2D eigenvalue weighted by Gasteiger charge is 2.00. The molecule has 2 radical (unpaired) electrons. The van der Waals surface area contributed by atoms with Crippen molar-refractivity contribution in [3.8, 4) is 0 Å². The van der Waals surface area contributed by atoms with E-state index in [1.165, 1.54) is 0 Å².